The number of fused-ring (bicyclic) bond motifs is 2. The molecule has 3 heterocycles. The quantitative estimate of drug-likeness (QED) is 0.717. The van der Waals surface area contributed by atoms with E-state index in [9.17, 15) is 0 Å². The lowest BCUT2D eigenvalue weighted by Gasteiger charge is -2.18. The van der Waals surface area contributed by atoms with Crippen LogP contribution in [-0.2, 0) is 6.42 Å². The Morgan fingerprint density at radius 3 is 2.81 bits per heavy atom. The third-order valence-electron chi connectivity index (χ3n) is 3.57. The summed E-state index contributed by atoms with van der Waals surface area (Å²) in [7, 11) is 0. The molecule has 0 saturated heterocycles. The highest BCUT2D eigenvalue weighted by Gasteiger charge is 2.12. The number of rotatable bonds is 2. The number of hydrogen-bond acceptors (Lipinski definition) is 4. The number of thiophene rings is 1. The van der Waals surface area contributed by atoms with E-state index in [1.54, 1.807) is 11.3 Å². The van der Waals surface area contributed by atoms with Gasteiger partial charge in [0.1, 0.15) is 18.0 Å². The van der Waals surface area contributed by atoms with Crippen LogP contribution in [0.5, 0.6) is 11.5 Å². The molecule has 3 aromatic rings. The fraction of sp³-hybridized carbons (Fsp3) is 0.235. The lowest BCUT2D eigenvalue weighted by atomic mass is 10.1. The third-order valence-corrected chi connectivity index (χ3v) is 4.54. The highest BCUT2D eigenvalue weighted by molar-refractivity contribution is 7.18. The number of ether oxygens (including phenoxy) is 2. The molecule has 0 atom stereocenters. The lowest BCUT2D eigenvalue weighted by molar-refractivity contribution is 0.171. The maximum Gasteiger partial charge on any atom is 0.161 e. The highest BCUT2D eigenvalue weighted by atomic mass is 32.1. The zero-order valence-electron chi connectivity index (χ0n) is 11.8. The summed E-state index contributed by atoms with van der Waals surface area (Å²) < 4.78 is 11.2. The first kappa shape index (κ1) is 12.7. The number of aryl methyl sites for hydroxylation is 1. The van der Waals surface area contributed by atoms with Crippen molar-refractivity contribution >= 4 is 21.6 Å². The van der Waals surface area contributed by atoms with Gasteiger partial charge in [-0.3, -0.25) is 0 Å². The topological polar surface area (TPSA) is 31.4 Å². The largest absolute Gasteiger partial charge is 0.486 e. The maximum atomic E-state index is 5.64. The van der Waals surface area contributed by atoms with Gasteiger partial charge in [0.15, 0.2) is 11.5 Å². The van der Waals surface area contributed by atoms with Gasteiger partial charge in [-0.2, -0.15) is 0 Å². The van der Waals surface area contributed by atoms with Crippen molar-refractivity contribution in [3.63, 3.8) is 0 Å². The van der Waals surface area contributed by atoms with Crippen molar-refractivity contribution in [2.45, 2.75) is 13.3 Å². The summed E-state index contributed by atoms with van der Waals surface area (Å²) in [5.41, 5.74) is 2.43. The molecule has 1 aliphatic heterocycles. The van der Waals surface area contributed by atoms with Crippen LogP contribution in [0.1, 0.15) is 16.0 Å². The molecule has 0 unspecified atom stereocenters. The van der Waals surface area contributed by atoms with Crippen LogP contribution in [0.15, 0.2) is 36.5 Å². The van der Waals surface area contributed by atoms with Crippen LogP contribution in [0.4, 0.5) is 0 Å². The molecular formula is C17H15NO2S. The van der Waals surface area contributed by atoms with Crippen molar-refractivity contribution in [3.8, 4) is 11.5 Å². The molecule has 106 valence electrons. The van der Waals surface area contributed by atoms with Gasteiger partial charge < -0.3 is 9.47 Å². The Hall–Kier alpha value is -2.07. The molecule has 0 bridgehead atoms. The number of aromatic nitrogens is 1. The highest BCUT2D eigenvalue weighted by Crippen LogP contribution is 2.32. The zero-order chi connectivity index (χ0) is 14.2. The van der Waals surface area contributed by atoms with Gasteiger partial charge in [0.2, 0.25) is 0 Å². The van der Waals surface area contributed by atoms with Gasteiger partial charge in [0.25, 0.3) is 0 Å². The second-order valence-electron chi connectivity index (χ2n) is 5.25. The third kappa shape index (κ3) is 2.47. The molecule has 0 radical (unpaired) electrons. The first-order chi connectivity index (χ1) is 10.3. The van der Waals surface area contributed by atoms with Crippen molar-refractivity contribution < 1.29 is 9.47 Å². The molecule has 0 spiro atoms. The van der Waals surface area contributed by atoms with Crippen molar-refractivity contribution in [3.05, 3.63) is 52.5 Å². The van der Waals surface area contributed by atoms with Crippen molar-refractivity contribution in [1.82, 2.24) is 4.98 Å². The molecule has 1 aromatic carbocycles. The van der Waals surface area contributed by atoms with Gasteiger partial charge in [-0.25, -0.2) is 4.98 Å². The molecule has 0 N–H and O–H groups in total. The molecule has 21 heavy (non-hydrogen) atoms. The number of pyridine rings is 1. The summed E-state index contributed by atoms with van der Waals surface area (Å²) in [6.45, 7) is 3.37. The Bertz CT molecular complexity index is 810. The van der Waals surface area contributed by atoms with Crippen LogP contribution < -0.4 is 9.47 Å². The minimum Gasteiger partial charge on any atom is -0.486 e. The second-order valence-corrected chi connectivity index (χ2v) is 6.48. The molecule has 4 rings (SSSR count). The van der Waals surface area contributed by atoms with Gasteiger partial charge in [0, 0.05) is 16.5 Å². The number of hydrogen-bond donors (Lipinski definition) is 0. The fourth-order valence-corrected chi connectivity index (χ4v) is 3.47. The summed E-state index contributed by atoms with van der Waals surface area (Å²) in [6, 6.07) is 10.6. The van der Waals surface area contributed by atoms with Crippen LogP contribution >= 0.6 is 11.3 Å². The van der Waals surface area contributed by atoms with E-state index >= 15 is 0 Å². The first-order valence-corrected chi connectivity index (χ1v) is 7.83. The Labute approximate surface area is 127 Å². The molecule has 0 saturated carbocycles. The SMILES string of the molecule is Cc1cc2cc(Cc3ccc4c(c3)OCCO4)cnc2s1. The van der Waals surface area contributed by atoms with E-state index in [-0.39, 0.29) is 0 Å². The molecule has 1 aliphatic rings. The van der Waals surface area contributed by atoms with Crippen LogP contribution in [0, 0.1) is 6.92 Å². The van der Waals surface area contributed by atoms with Gasteiger partial charge in [0.05, 0.1) is 0 Å². The average molecular weight is 297 g/mol. The van der Waals surface area contributed by atoms with Crippen molar-refractivity contribution in [1.29, 1.82) is 0 Å². The summed E-state index contributed by atoms with van der Waals surface area (Å²) in [5, 5.41) is 1.23. The zero-order valence-corrected chi connectivity index (χ0v) is 12.6. The van der Waals surface area contributed by atoms with Gasteiger partial charge >= 0.3 is 0 Å². The van der Waals surface area contributed by atoms with Crippen molar-refractivity contribution in [2.75, 3.05) is 13.2 Å². The molecule has 2 aromatic heterocycles. The predicted octanol–water partition coefficient (Wildman–Crippen LogP) is 3.97. The number of benzene rings is 1. The standard InChI is InChI=1S/C17H15NO2S/c1-11-6-14-8-13(10-18-17(14)21-11)7-12-2-3-15-16(9-12)20-5-4-19-15/h2-3,6,8-10H,4-5,7H2,1H3. The van der Waals surface area contributed by atoms with E-state index < -0.39 is 0 Å². The molecule has 4 heteroatoms. The van der Waals surface area contributed by atoms with E-state index in [4.69, 9.17) is 9.47 Å². The summed E-state index contributed by atoms with van der Waals surface area (Å²) in [5.74, 6) is 1.69. The minimum atomic E-state index is 0.623. The molecule has 0 amide bonds. The molecule has 0 fully saturated rings. The van der Waals surface area contributed by atoms with Crippen molar-refractivity contribution in [2.24, 2.45) is 0 Å². The summed E-state index contributed by atoms with van der Waals surface area (Å²) in [4.78, 5) is 6.96. The van der Waals surface area contributed by atoms with Crippen LogP contribution in [0.2, 0.25) is 0 Å². The second kappa shape index (κ2) is 5.04. The van der Waals surface area contributed by atoms with E-state index in [1.807, 2.05) is 12.3 Å². The first-order valence-electron chi connectivity index (χ1n) is 7.01. The van der Waals surface area contributed by atoms with Gasteiger partial charge in [-0.1, -0.05) is 6.07 Å². The summed E-state index contributed by atoms with van der Waals surface area (Å²) >= 11 is 1.74. The van der Waals surface area contributed by atoms with E-state index in [0.29, 0.717) is 13.2 Å². The maximum absolute atomic E-state index is 5.64. The normalized spacial score (nSPS) is 13.6. The lowest BCUT2D eigenvalue weighted by Crippen LogP contribution is -2.15. The summed E-state index contributed by atoms with van der Waals surface area (Å²) in [6.07, 6.45) is 2.82. The Balaban J connectivity index is 1.64. The smallest absolute Gasteiger partial charge is 0.161 e. The Morgan fingerprint density at radius 2 is 1.90 bits per heavy atom. The van der Waals surface area contributed by atoms with Gasteiger partial charge in [-0.15, -0.1) is 11.3 Å². The van der Waals surface area contributed by atoms with E-state index in [2.05, 4.69) is 36.2 Å². The minimum absolute atomic E-state index is 0.623. The molecule has 3 nitrogen and oxygen atoms in total. The van der Waals surface area contributed by atoms with Crippen LogP contribution in [-0.4, -0.2) is 18.2 Å². The Morgan fingerprint density at radius 1 is 1.05 bits per heavy atom. The fourth-order valence-electron chi connectivity index (χ4n) is 2.63. The van der Waals surface area contributed by atoms with Crippen LogP contribution in [0.3, 0.4) is 0 Å². The predicted molar refractivity (Wildman–Crippen MR) is 84.6 cm³/mol. The average Bonchev–Trinajstić information content (AvgIpc) is 2.86. The molecule has 0 aliphatic carbocycles. The van der Waals surface area contributed by atoms with Gasteiger partial charge in [-0.05, 0) is 48.7 Å². The van der Waals surface area contributed by atoms with Crippen LogP contribution in [0.25, 0.3) is 10.2 Å². The Kier molecular flexibility index (Phi) is 3.04. The monoisotopic (exact) mass is 297 g/mol. The van der Waals surface area contributed by atoms with E-state index in [1.165, 1.54) is 21.4 Å². The van der Waals surface area contributed by atoms with E-state index in [0.717, 1.165) is 22.8 Å². The molecular weight excluding hydrogens is 282 g/mol. The number of nitrogens with zero attached hydrogens (tertiary/aromatic N) is 1.